The van der Waals surface area contributed by atoms with Gasteiger partial charge in [-0.05, 0) is 37.7 Å². The van der Waals surface area contributed by atoms with Gasteiger partial charge in [0.15, 0.2) is 0 Å². The van der Waals surface area contributed by atoms with Gasteiger partial charge in [0.05, 0.1) is 7.11 Å². The van der Waals surface area contributed by atoms with Crippen LogP contribution in [0.5, 0.6) is 5.75 Å². The zero-order valence-corrected chi connectivity index (χ0v) is 11.3. The first-order chi connectivity index (χ1) is 8.13. The Kier molecular flexibility index (Phi) is 5.45. The molecular weight excluding hydrogens is 212 g/mol. The molecule has 0 aliphatic carbocycles. The van der Waals surface area contributed by atoms with Crippen molar-refractivity contribution in [2.24, 2.45) is 5.73 Å². The minimum atomic E-state index is 0.0424. The number of methoxy groups -OCH3 is 1. The lowest BCUT2D eigenvalue weighted by Crippen LogP contribution is -2.40. The third-order valence-electron chi connectivity index (χ3n) is 3.41. The molecule has 1 aromatic carbocycles. The summed E-state index contributed by atoms with van der Waals surface area (Å²) in [6.45, 7) is 8.58. The summed E-state index contributed by atoms with van der Waals surface area (Å²) in [5, 5.41) is 0. The fourth-order valence-electron chi connectivity index (χ4n) is 2.13. The predicted octanol–water partition coefficient (Wildman–Crippen LogP) is 2.43. The maximum atomic E-state index is 6.30. The van der Waals surface area contributed by atoms with Gasteiger partial charge in [-0.3, -0.25) is 4.90 Å². The summed E-state index contributed by atoms with van der Waals surface area (Å²) in [5.41, 5.74) is 7.46. The van der Waals surface area contributed by atoms with Gasteiger partial charge in [0, 0.05) is 12.1 Å². The number of likely N-dealkylation sites (N-methyl/N-ethyl adjacent to an activating group) is 1. The molecule has 0 spiro atoms. The number of nitrogens with two attached hydrogens (primary N) is 1. The molecule has 0 bridgehead atoms. The van der Waals surface area contributed by atoms with E-state index >= 15 is 0 Å². The van der Waals surface area contributed by atoms with E-state index in [0.717, 1.165) is 24.4 Å². The second-order valence-corrected chi connectivity index (χ2v) is 4.26. The van der Waals surface area contributed by atoms with Gasteiger partial charge in [-0.15, -0.1) is 0 Å². The molecule has 2 N–H and O–H groups in total. The topological polar surface area (TPSA) is 38.5 Å². The van der Waals surface area contributed by atoms with Crippen LogP contribution in [-0.2, 0) is 0 Å². The van der Waals surface area contributed by atoms with Gasteiger partial charge >= 0.3 is 0 Å². The molecule has 0 amide bonds. The lowest BCUT2D eigenvalue weighted by atomic mass is 10.00. The van der Waals surface area contributed by atoms with Crippen molar-refractivity contribution in [3.8, 4) is 5.75 Å². The van der Waals surface area contributed by atoms with E-state index in [1.807, 2.05) is 24.3 Å². The maximum Gasteiger partial charge on any atom is 0.118 e. The fourth-order valence-corrected chi connectivity index (χ4v) is 2.13. The van der Waals surface area contributed by atoms with Crippen LogP contribution < -0.4 is 10.5 Å². The molecule has 0 aliphatic rings. The molecule has 96 valence electrons. The van der Waals surface area contributed by atoms with Crippen LogP contribution in [0.1, 0.15) is 32.4 Å². The molecule has 0 radical (unpaired) electrons. The molecule has 1 rings (SSSR count). The standard InChI is InChI=1S/C14H24N2O/c1-5-16(6-2)11(3)14(15)12-7-9-13(17-4)10-8-12/h7-11,14H,5-6,15H2,1-4H3. The molecule has 0 fully saturated rings. The van der Waals surface area contributed by atoms with Crippen LogP contribution in [0.2, 0.25) is 0 Å². The van der Waals surface area contributed by atoms with Gasteiger partial charge in [0.2, 0.25) is 0 Å². The predicted molar refractivity (Wildman–Crippen MR) is 72.3 cm³/mol. The van der Waals surface area contributed by atoms with Crippen LogP contribution in [0.4, 0.5) is 0 Å². The van der Waals surface area contributed by atoms with E-state index < -0.39 is 0 Å². The number of nitrogens with zero attached hydrogens (tertiary/aromatic N) is 1. The van der Waals surface area contributed by atoms with E-state index in [1.165, 1.54) is 0 Å². The Morgan fingerprint density at radius 3 is 2.12 bits per heavy atom. The van der Waals surface area contributed by atoms with Gasteiger partial charge in [0.25, 0.3) is 0 Å². The van der Waals surface area contributed by atoms with Crippen molar-refractivity contribution in [3.05, 3.63) is 29.8 Å². The molecule has 0 saturated heterocycles. The molecule has 0 heterocycles. The monoisotopic (exact) mass is 236 g/mol. The normalized spacial score (nSPS) is 14.7. The quantitative estimate of drug-likeness (QED) is 0.824. The Morgan fingerprint density at radius 1 is 1.18 bits per heavy atom. The first kappa shape index (κ1) is 14.0. The Labute approximate surface area is 105 Å². The van der Waals surface area contributed by atoms with E-state index in [1.54, 1.807) is 7.11 Å². The Balaban J connectivity index is 2.76. The fraction of sp³-hybridized carbons (Fsp3) is 0.571. The first-order valence-electron chi connectivity index (χ1n) is 6.27. The average Bonchev–Trinajstić information content (AvgIpc) is 2.39. The van der Waals surface area contributed by atoms with Crippen LogP contribution >= 0.6 is 0 Å². The molecule has 2 atom stereocenters. The van der Waals surface area contributed by atoms with Crippen LogP contribution in [0, 0.1) is 0 Å². The Bertz CT molecular complexity index is 319. The molecule has 1 aromatic rings. The van der Waals surface area contributed by atoms with Crippen molar-refractivity contribution >= 4 is 0 Å². The van der Waals surface area contributed by atoms with Crippen molar-refractivity contribution in [2.45, 2.75) is 32.9 Å². The van der Waals surface area contributed by atoms with Crippen LogP contribution in [0.3, 0.4) is 0 Å². The summed E-state index contributed by atoms with van der Waals surface area (Å²) in [6, 6.07) is 8.40. The summed E-state index contributed by atoms with van der Waals surface area (Å²) < 4.78 is 5.15. The summed E-state index contributed by atoms with van der Waals surface area (Å²) in [5.74, 6) is 0.872. The van der Waals surface area contributed by atoms with Gasteiger partial charge in [0.1, 0.15) is 5.75 Å². The molecule has 3 nitrogen and oxygen atoms in total. The van der Waals surface area contributed by atoms with E-state index in [4.69, 9.17) is 10.5 Å². The minimum absolute atomic E-state index is 0.0424. The van der Waals surface area contributed by atoms with Gasteiger partial charge in [-0.1, -0.05) is 26.0 Å². The van der Waals surface area contributed by atoms with Crippen LogP contribution in [-0.4, -0.2) is 31.1 Å². The third kappa shape index (κ3) is 3.45. The minimum Gasteiger partial charge on any atom is -0.497 e. The smallest absolute Gasteiger partial charge is 0.118 e. The molecule has 0 saturated carbocycles. The SMILES string of the molecule is CCN(CC)C(C)C(N)c1ccc(OC)cc1. The lowest BCUT2D eigenvalue weighted by molar-refractivity contribution is 0.203. The van der Waals surface area contributed by atoms with Crippen molar-refractivity contribution < 1.29 is 4.74 Å². The lowest BCUT2D eigenvalue weighted by Gasteiger charge is -2.31. The molecule has 3 heteroatoms. The number of hydrogen-bond donors (Lipinski definition) is 1. The molecule has 17 heavy (non-hydrogen) atoms. The third-order valence-corrected chi connectivity index (χ3v) is 3.41. The number of ether oxygens (including phenoxy) is 1. The highest BCUT2D eigenvalue weighted by Gasteiger charge is 2.19. The average molecular weight is 236 g/mol. The highest BCUT2D eigenvalue weighted by molar-refractivity contribution is 5.29. The van der Waals surface area contributed by atoms with Crippen molar-refractivity contribution in [1.29, 1.82) is 0 Å². The van der Waals surface area contributed by atoms with E-state index in [9.17, 15) is 0 Å². The molecule has 0 aliphatic heterocycles. The Morgan fingerprint density at radius 2 is 1.71 bits per heavy atom. The number of hydrogen-bond acceptors (Lipinski definition) is 3. The summed E-state index contributed by atoms with van der Waals surface area (Å²) >= 11 is 0. The molecular formula is C14H24N2O. The van der Waals surface area contributed by atoms with Gasteiger partial charge in [-0.2, -0.15) is 0 Å². The van der Waals surface area contributed by atoms with Crippen molar-refractivity contribution in [2.75, 3.05) is 20.2 Å². The van der Waals surface area contributed by atoms with Crippen LogP contribution in [0.15, 0.2) is 24.3 Å². The summed E-state index contributed by atoms with van der Waals surface area (Å²) in [6.07, 6.45) is 0. The van der Waals surface area contributed by atoms with E-state index in [-0.39, 0.29) is 6.04 Å². The highest BCUT2D eigenvalue weighted by atomic mass is 16.5. The highest BCUT2D eigenvalue weighted by Crippen LogP contribution is 2.21. The number of benzene rings is 1. The summed E-state index contributed by atoms with van der Waals surface area (Å²) in [4.78, 5) is 2.37. The van der Waals surface area contributed by atoms with E-state index in [2.05, 4.69) is 25.7 Å². The van der Waals surface area contributed by atoms with Gasteiger partial charge < -0.3 is 10.5 Å². The first-order valence-corrected chi connectivity index (χ1v) is 6.27. The van der Waals surface area contributed by atoms with Gasteiger partial charge in [-0.25, -0.2) is 0 Å². The number of rotatable bonds is 6. The molecule has 0 aromatic heterocycles. The zero-order chi connectivity index (χ0) is 12.8. The van der Waals surface area contributed by atoms with Crippen LogP contribution in [0.25, 0.3) is 0 Å². The van der Waals surface area contributed by atoms with Crippen molar-refractivity contribution in [3.63, 3.8) is 0 Å². The second kappa shape index (κ2) is 6.62. The molecule has 2 unspecified atom stereocenters. The largest absolute Gasteiger partial charge is 0.497 e. The summed E-state index contributed by atoms with van der Waals surface area (Å²) in [7, 11) is 1.67. The van der Waals surface area contributed by atoms with E-state index in [0.29, 0.717) is 6.04 Å². The maximum absolute atomic E-state index is 6.30. The zero-order valence-electron chi connectivity index (χ0n) is 11.3. The Hall–Kier alpha value is -1.06. The second-order valence-electron chi connectivity index (χ2n) is 4.26. The van der Waals surface area contributed by atoms with Crippen molar-refractivity contribution in [1.82, 2.24) is 4.90 Å².